The molecule has 1 fully saturated rings. The molecule has 0 saturated carbocycles. The molecule has 72 valence electrons. The van der Waals surface area contributed by atoms with Crippen molar-refractivity contribution in [3.63, 3.8) is 0 Å². The molecule has 0 aliphatic carbocycles. The van der Waals surface area contributed by atoms with Crippen LogP contribution in [0.1, 0.15) is 12.8 Å². The molecular formula is C9H12NO2S-. The summed E-state index contributed by atoms with van der Waals surface area (Å²) in [5.74, 6) is 0. The van der Waals surface area contributed by atoms with E-state index in [1.807, 2.05) is 0 Å². The van der Waals surface area contributed by atoms with E-state index in [0.717, 1.165) is 12.8 Å². The molecule has 0 spiro atoms. The largest absolute Gasteiger partial charge is 0.219 e. The Morgan fingerprint density at radius 2 is 2.00 bits per heavy atom. The minimum absolute atomic E-state index is 0.425. The van der Waals surface area contributed by atoms with Crippen LogP contribution in [0, 0.1) is 0 Å². The molecule has 0 bridgehead atoms. The molecule has 13 heavy (non-hydrogen) atoms. The van der Waals surface area contributed by atoms with Crippen LogP contribution in [0.15, 0.2) is 29.2 Å². The molecular weight excluding hydrogens is 186 g/mol. The fraction of sp³-hybridized carbons (Fsp3) is 0.444. The van der Waals surface area contributed by atoms with E-state index in [-0.39, 0.29) is 0 Å². The third-order valence-electron chi connectivity index (χ3n) is 2.33. The van der Waals surface area contributed by atoms with Crippen molar-refractivity contribution >= 4 is 10.0 Å². The highest BCUT2D eigenvalue weighted by atomic mass is 32.2. The first-order valence-electron chi connectivity index (χ1n) is 4.43. The van der Waals surface area contributed by atoms with Gasteiger partial charge in [-0.05, 0) is 17.7 Å². The van der Waals surface area contributed by atoms with Crippen molar-refractivity contribution in [2.45, 2.75) is 17.7 Å². The lowest BCUT2D eigenvalue weighted by Gasteiger charge is -2.16. The summed E-state index contributed by atoms with van der Waals surface area (Å²) in [6.45, 7) is 1.35. The van der Waals surface area contributed by atoms with Gasteiger partial charge in [-0.25, -0.2) is 14.5 Å². The van der Waals surface area contributed by atoms with Crippen LogP contribution < -0.4 is 0 Å². The van der Waals surface area contributed by atoms with Crippen molar-refractivity contribution in [3.8, 4) is 0 Å². The minimum atomic E-state index is -3.16. The summed E-state index contributed by atoms with van der Waals surface area (Å²) in [5.41, 5.74) is 0. The first-order chi connectivity index (χ1) is 6.21. The maximum Gasteiger partial charge on any atom is 0.219 e. The van der Waals surface area contributed by atoms with Crippen molar-refractivity contribution in [1.82, 2.24) is 4.31 Å². The molecule has 1 aromatic carbocycles. The average Bonchev–Trinajstić information content (AvgIpc) is 2.78. The molecule has 0 unspecified atom stereocenters. The Labute approximate surface area is 78.4 Å². The lowest BCUT2D eigenvalue weighted by atomic mass is 10.4. The Hall–Kier alpha value is -0.740. The Morgan fingerprint density at radius 1 is 1.31 bits per heavy atom. The number of rotatable bonds is 2. The van der Waals surface area contributed by atoms with Crippen molar-refractivity contribution in [1.29, 1.82) is 0 Å². The number of nitrogens with zero attached hydrogens (tertiary/aromatic N) is 1. The summed E-state index contributed by atoms with van der Waals surface area (Å²) < 4.78 is 25.2. The quantitative estimate of drug-likeness (QED) is 0.669. The van der Waals surface area contributed by atoms with Gasteiger partial charge >= 0.3 is 0 Å². The normalized spacial score (nSPS) is 19.4. The molecule has 3 nitrogen and oxygen atoms in total. The Kier molecular flexibility index (Phi) is 2.17. The summed E-state index contributed by atoms with van der Waals surface area (Å²) in [5, 5.41) is 0. The van der Waals surface area contributed by atoms with Crippen LogP contribution in [-0.2, 0) is 10.0 Å². The van der Waals surface area contributed by atoms with E-state index in [1.165, 1.54) is 0 Å². The van der Waals surface area contributed by atoms with Crippen LogP contribution in [0.25, 0.3) is 0 Å². The van der Waals surface area contributed by atoms with Gasteiger partial charge < -0.3 is 0 Å². The van der Waals surface area contributed by atoms with Crippen molar-refractivity contribution in [3.05, 3.63) is 24.3 Å². The zero-order valence-corrected chi connectivity index (χ0v) is 8.13. The standard InChI is InChI=1S/C9H12NO2S/c11-13(12,9-5-1-2-6-9)10-7-3-4-8-10/h1-2,5-6H,3-4,7-8H2/q-1. The van der Waals surface area contributed by atoms with E-state index in [1.54, 1.807) is 28.6 Å². The Morgan fingerprint density at radius 3 is 2.54 bits per heavy atom. The van der Waals surface area contributed by atoms with Gasteiger partial charge in [0, 0.05) is 13.1 Å². The zero-order chi connectivity index (χ0) is 9.31. The van der Waals surface area contributed by atoms with Gasteiger partial charge in [0.1, 0.15) is 0 Å². The smallest absolute Gasteiger partial charge is 0.212 e. The second kappa shape index (κ2) is 3.20. The first-order valence-corrected chi connectivity index (χ1v) is 5.87. The van der Waals surface area contributed by atoms with E-state index in [2.05, 4.69) is 0 Å². The van der Waals surface area contributed by atoms with Crippen LogP contribution >= 0.6 is 0 Å². The highest BCUT2D eigenvalue weighted by molar-refractivity contribution is 7.89. The average molecular weight is 198 g/mol. The molecule has 1 aliphatic rings. The summed E-state index contributed by atoms with van der Waals surface area (Å²) in [7, 11) is -3.16. The molecule has 1 heterocycles. The maximum atomic E-state index is 11.8. The molecule has 4 heteroatoms. The topological polar surface area (TPSA) is 37.4 Å². The van der Waals surface area contributed by atoms with E-state index in [9.17, 15) is 8.42 Å². The Balaban J connectivity index is 2.30. The number of sulfonamides is 1. The van der Waals surface area contributed by atoms with E-state index in [4.69, 9.17) is 0 Å². The lowest BCUT2D eigenvalue weighted by Crippen LogP contribution is -2.27. The fourth-order valence-electron chi connectivity index (χ4n) is 1.61. The second-order valence-electron chi connectivity index (χ2n) is 3.23. The summed E-state index contributed by atoms with van der Waals surface area (Å²) in [6.07, 6.45) is 1.97. The van der Waals surface area contributed by atoms with Crippen molar-refractivity contribution < 1.29 is 8.42 Å². The molecule has 0 radical (unpaired) electrons. The summed E-state index contributed by atoms with van der Waals surface area (Å²) in [4.78, 5) is 0.425. The van der Waals surface area contributed by atoms with Gasteiger partial charge in [0.05, 0.1) is 0 Å². The minimum Gasteiger partial charge on any atom is -0.212 e. The van der Waals surface area contributed by atoms with Crippen LogP contribution in [-0.4, -0.2) is 25.8 Å². The molecule has 0 atom stereocenters. The second-order valence-corrected chi connectivity index (χ2v) is 5.17. The Bertz CT molecular complexity index is 360. The molecule has 1 aliphatic heterocycles. The van der Waals surface area contributed by atoms with E-state index in [0.29, 0.717) is 18.0 Å². The van der Waals surface area contributed by atoms with Gasteiger partial charge in [-0.3, -0.25) is 0 Å². The first kappa shape index (κ1) is 8.84. The molecule has 0 aromatic heterocycles. The van der Waals surface area contributed by atoms with Crippen LogP contribution in [0.4, 0.5) is 0 Å². The maximum absolute atomic E-state index is 11.8. The zero-order valence-electron chi connectivity index (χ0n) is 7.31. The van der Waals surface area contributed by atoms with E-state index < -0.39 is 10.0 Å². The van der Waals surface area contributed by atoms with Gasteiger partial charge in [0.15, 0.2) is 0 Å². The molecule has 1 aromatic rings. The van der Waals surface area contributed by atoms with Gasteiger partial charge in [0.25, 0.3) is 0 Å². The van der Waals surface area contributed by atoms with Crippen molar-refractivity contribution in [2.75, 3.05) is 13.1 Å². The summed E-state index contributed by atoms with van der Waals surface area (Å²) >= 11 is 0. The van der Waals surface area contributed by atoms with Crippen LogP contribution in [0.3, 0.4) is 0 Å². The van der Waals surface area contributed by atoms with Gasteiger partial charge in [0.2, 0.25) is 10.0 Å². The third-order valence-corrected chi connectivity index (χ3v) is 4.25. The van der Waals surface area contributed by atoms with Crippen LogP contribution in [0.2, 0.25) is 0 Å². The SMILES string of the molecule is O=S(=O)(c1ccc[cH-]1)N1CCCC1. The van der Waals surface area contributed by atoms with Gasteiger partial charge in [-0.15, -0.1) is 0 Å². The molecule has 0 N–H and O–H groups in total. The molecule has 0 amide bonds. The molecule has 2 rings (SSSR count). The summed E-state index contributed by atoms with van der Waals surface area (Å²) in [6, 6.07) is 6.80. The highest BCUT2D eigenvalue weighted by Gasteiger charge is 2.24. The monoisotopic (exact) mass is 198 g/mol. The van der Waals surface area contributed by atoms with Gasteiger partial charge in [-0.2, -0.15) is 22.5 Å². The molecule has 1 saturated heterocycles. The van der Waals surface area contributed by atoms with E-state index >= 15 is 0 Å². The van der Waals surface area contributed by atoms with Crippen LogP contribution in [0.5, 0.6) is 0 Å². The predicted octanol–water partition coefficient (Wildman–Crippen LogP) is 1.19. The number of hydrogen-bond acceptors (Lipinski definition) is 2. The fourth-order valence-corrected chi connectivity index (χ4v) is 3.14. The van der Waals surface area contributed by atoms with Gasteiger partial charge in [-0.1, -0.05) is 0 Å². The lowest BCUT2D eigenvalue weighted by molar-refractivity contribution is 0.477. The highest BCUT2D eigenvalue weighted by Crippen LogP contribution is 2.20. The third kappa shape index (κ3) is 1.51. The van der Waals surface area contributed by atoms with Crippen molar-refractivity contribution in [2.24, 2.45) is 0 Å². The number of hydrogen-bond donors (Lipinski definition) is 0. The predicted molar refractivity (Wildman–Crippen MR) is 50.0 cm³/mol.